The molecule has 0 radical (unpaired) electrons. The lowest BCUT2D eigenvalue weighted by Gasteiger charge is -2.38. The molecule has 35 heavy (non-hydrogen) atoms. The molecule has 2 saturated heterocycles. The largest absolute Gasteiger partial charge is 0.489 e. The number of benzene rings is 1. The number of halogens is 3. The SMILES string of the molecule is O=C(c1ccc(F)cc1O[C@H]1CC2CC(O)C(C1)N2CCF)N1Cc2nn3cc(Cl)cnc3c2C1. The summed E-state index contributed by atoms with van der Waals surface area (Å²) in [4.78, 5) is 21.4. The maximum Gasteiger partial charge on any atom is 0.258 e. The lowest BCUT2D eigenvalue weighted by Crippen LogP contribution is -2.49. The molecule has 8 nitrogen and oxygen atoms in total. The van der Waals surface area contributed by atoms with Gasteiger partial charge >= 0.3 is 0 Å². The molecule has 0 saturated carbocycles. The predicted molar refractivity (Wildman–Crippen MR) is 123 cm³/mol. The molecule has 11 heteroatoms. The van der Waals surface area contributed by atoms with E-state index in [1.165, 1.54) is 24.4 Å². The van der Waals surface area contributed by atoms with Crippen molar-refractivity contribution in [3.63, 3.8) is 0 Å². The fourth-order valence-corrected chi connectivity index (χ4v) is 5.93. The Morgan fingerprint density at radius 1 is 1.26 bits per heavy atom. The molecule has 2 bridgehead atoms. The molecule has 1 aromatic carbocycles. The Hall–Kier alpha value is -2.82. The van der Waals surface area contributed by atoms with Crippen LogP contribution in [-0.2, 0) is 13.1 Å². The number of hydrogen-bond acceptors (Lipinski definition) is 6. The number of carbonyl (C=O) groups is 1. The minimum atomic E-state index is -0.542. The van der Waals surface area contributed by atoms with Crippen LogP contribution in [0.25, 0.3) is 5.65 Å². The second kappa shape index (κ2) is 8.69. The summed E-state index contributed by atoms with van der Waals surface area (Å²) in [7, 11) is 0. The topological polar surface area (TPSA) is 83.2 Å². The minimum absolute atomic E-state index is 0.00292. The number of amides is 1. The third-order valence-electron chi connectivity index (χ3n) is 7.30. The van der Waals surface area contributed by atoms with Gasteiger partial charge in [-0.25, -0.2) is 18.3 Å². The van der Waals surface area contributed by atoms with Crippen LogP contribution in [0.4, 0.5) is 8.78 Å². The third-order valence-corrected chi connectivity index (χ3v) is 7.49. The minimum Gasteiger partial charge on any atom is -0.489 e. The molecule has 3 aromatic rings. The van der Waals surface area contributed by atoms with Gasteiger partial charge in [0.1, 0.15) is 24.3 Å². The van der Waals surface area contributed by atoms with Gasteiger partial charge in [0.2, 0.25) is 0 Å². The molecule has 4 atom stereocenters. The second-order valence-corrected chi connectivity index (χ2v) is 9.87. The molecule has 0 spiro atoms. The van der Waals surface area contributed by atoms with Crippen molar-refractivity contribution in [3.05, 3.63) is 58.3 Å². The predicted octanol–water partition coefficient (Wildman–Crippen LogP) is 2.99. The van der Waals surface area contributed by atoms with Gasteiger partial charge in [0.05, 0.1) is 41.7 Å². The Balaban J connectivity index is 1.22. The quantitative estimate of drug-likeness (QED) is 0.576. The summed E-state index contributed by atoms with van der Waals surface area (Å²) in [6.45, 7) is 0.424. The number of aliphatic hydroxyl groups is 1. The highest BCUT2D eigenvalue weighted by Gasteiger charge is 2.46. The van der Waals surface area contributed by atoms with Gasteiger partial charge in [-0.05, 0) is 25.0 Å². The summed E-state index contributed by atoms with van der Waals surface area (Å²) in [6.07, 6.45) is 4.00. The van der Waals surface area contributed by atoms with Gasteiger partial charge in [0.15, 0.2) is 5.65 Å². The highest BCUT2D eigenvalue weighted by molar-refractivity contribution is 6.30. The maximum atomic E-state index is 14.2. The van der Waals surface area contributed by atoms with Crippen LogP contribution in [0.1, 0.15) is 40.9 Å². The van der Waals surface area contributed by atoms with Crippen LogP contribution in [0.3, 0.4) is 0 Å². The summed E-state index contributed by atoms with van der Waals surface area (Å²) in [5.74, 6) is -0.614. The number of hydrogen-bond donors (Lipinski definition) is 1. The monoisotopic (exact) mass is 503 g/mol. The van der Waals surface area contributed by atoms with Gasteiger partial charge in [-0.3, -0.25) is 9.69 Å². The van der Waals surface area contributed by atoms with Gasteiger partial charge in [-0.15, -0.1) is 0 Å². The molecule has 0 aliphatic carbocycles. The van der Waals surface area contributed by atoms with Crippen molar-refractivity contribution in [2.75, 3.05) is 13.2 Å². The van der Waals surface area contributed by atoms with Crippen LogP contribution in [0.15, 0.2) is 30.6 Å². The van der Waals surface area contributed by atoms with Crippen molar-refractivity contribution < 1.29 is 23.4 Å². The van der Waals surface area contributed by atoms with Gasteiger partial charge in [-0.1, -0.05) is 11.6 Å². The van der Waals surface area contributed by atoms with Crippen LogP contribution in [-0.4, -0.2) is 72.9 Å². The molecule has 1 N–H and O–H groups in total. The van der Waals surface area contributed by atoms with E-state index < -0.39 is 18.6 Å². The van der Waals surface area contributed by atoms with E-state index in [2.05, 4.69) is 10.1 Å². The van der Waals surface area contributed by atoms with Crippen molar-refractivity contribution in [3.8, 4) is 5.75 Å². The normalized spacial score (nSPS) is 25.9. The number of nitrogens with zero attached hydrogens (tertiary/aromatic N) is 5. The molecule has 1 amide bonds. The molecule has 3 unspecified atom stereocenters. The van der Waals surface area contributed by atoms with E-state index in [1.807, 2.05) is 4.90 Å². The summed E-state index contributed by atoms with van der Waals surface area (Å²) in [5.41, 5.74) is 2.50. The zero-order chi connectivity index (χ0) is 24.3. The number of aromatic nitrogens is 3. The van der Waals surface area contributed by atoms with Crippen molar-refractivity contribution in [1.29, 1.82) is 0 Å². The average Bonchev–Trinajstić information content (AvgIpc) is 3.42. The van der Waals surface area contributed by atoms with Crippen molar-refractivity contribution in [1.82, 2.24) is 24.4 Å². The summed E-state index contributed by atoms with van der Waals surface area (Å²) >= 11 is 6.00. The first-order valence-electron chi connectivity index (χ1n) is 11.7. The number of fused-ring (bicyclic) bond motifs is 5. The van der Waals surface area contributed by atoms with E-state index in [-0.39, 0.29) is 42.0 Å². The highest BCUT2D eigenvalue weighted by atomic mass is 35.5. The van der Waals surface area contributed by atoms with Crippen LogP contribution >= 0.6 is 11.6 Å². The van der Waals surface area contributed by atoms with Crippen LogP contribution in [0.5, 0.6) is 5.75 Å². The standard InChI is InChI=1S/C24H24ClF2N5O3/c25-13-9-28-23-18-11-30(12-19(18)29-32(23)10-13)24(34)17-2-1-14(27)5-22(17)35-16-6-15-7-21(33)20(8-16)31(15)4-3-26/h1-2,5,9-10,15-16,20-21,33H,3-4,6-8,11-12H2/t15?,16-,20?,21?/m0/s1. The smallest absolute Gasteiger partial charge is 0.258 e. The van der Waals surface area contributed by atoms with E-state index >= 15 is 0 Å². The van der Waals surface area contributed by atoms with Crippen molar-refractivity contribution >= 4 is 23.2 Å². The third kappa shape index (κ3) is 3.93. The molecule has 3 aliphatic heterocycles. The lowest BCUT2D eigenvalue weighted by atomic mass is 9.99. The van der Waals surface area contributed by atoms with E-state index in [4.69, 9.17) is 16.3 Å². The lowest BCUT2D eigenvalue weighted by molar-refractivity contribution is 0.0219. The molecule has 6 rings (SSSR count). The Kier molecular flexibility index (Phi) is 5.62. The number of ether oxygens (including phenoxy) is 1. The summed E-state index contributed by atoms with van der Waals surface area (Å²) in [6, 6.07) is 3.72. The first-order valence-corrected chi connectivity index (χ1v) is 12.1. The number of rotatable bonds is 5. The van der Waals surface area contributed by atoms with Crippen molar-refractivity contribution in [2.24, 2.45) is 0 Å². The first kappa shape index (κ1) is 22.6. The number of alkyl halides is 1. The Labute approximate surface area is 205 Å². The summed E-state index contributed by atoms with van der Waals surface area (Å²) < 4.78 is 35.0. The van der Waals surface area contributed by atoms with Crippen molar-refractivity contribution in [2.45, 2.75) is 56.6 Å². The molecule has 3 aliphatic rings. The molecule has 2 fully saturated rings. The zero-order valence-corrected chi connectivity index (χ0v) is 19.5. The second-order valence-electron chi connectivity index (χ2n) is 9.43. The fourth-order valence-electron chi connectivity index (χ4n) is 5.78. The molecule has 2 aromatic heterocycles. The number of piperidine rings is 1. The Morgan fingerprint density at radius 2 is 2.11 bits per heavy atom. The Morgan fingerprint density at radius 3 is 2.91 bits per heavy atom. The van der Waals surface area contributed by atoms with E-state index in [0.717, 1.165) is 11.3 Å². The van der Waals surface area contributed by atoms with Crippen LogP contribution in [0, 0.1) is 5.82 Å². The van der Waals surface area contributed by atoms with E-state index in [0.29, 0.717) is 43.0 Å². The Bertz CT molecular complexity index is 1300. The van der Waals surface area contributed by atoms with Crippen LogP contribution < -0.4 is 4.74 Å². The van der Waals surface area contributed by atoms with E-state index in [9.17, 15) is 18.7 Å². The van der Waals surface area contributed by atoms with Gasteiger partial charge in [0, 0.05) is 42.9 Å². The van der Waals surface area contributed by atoms with E-state index in [1.54, 1.807) is 15.6 Å². The molecular weight excluding hydrogens is 480 g/mol. The fraction of sp³-hybridized carbons (Fsp3) is 0.458. The van der Waals surface area contributed by atoms with Gasteiger partial charge in [-0.2, -0.15) is 5.10 Å². The van der Waals surface area contributed by atoms with Gasteiger partial charge in [0.25, 0.3) is 5.91 Å². The van der Waals surface area contributed by atoms with Crippen LogP contribution in [0.2, 0.25) is 5.02 Å². The molecule has 184 valence electrons. The number of carbonyl (C=O) groups excluding carboxylic acids is 1. The first-order chi connectivity index (χ1) is 16.9. The molecule has 5 heterocycles. The average molecular weight is 504 g/mol. The maximum absolute atomic E-state index is 14.2. The molecular formula is C24H24ClF2N5O3. The number of aliphatic hydroxyl groups excluding tert-OH is 1. The summed E-state index contributed by atoms with van der Waals surface area (Å²) in [5, 5.41) is 15.4. The van der Waals surface area contributed by atoms with Gasteiger partial charge < -0.3 is 14.7 Å². The highest BCUT2D eigenvalue weighted by Crippen LogP contribution is 2.38. The zero-order valence-electron chi connectivity index (χ0n) is 18.8.